The lowest BCUT2D eigenvalue weighted by molar-refractivity contribution is -0.137. The molecule has 0 spiro atoms. The van der Waals surface area contributed by atoms with Crippen molar-refractivity contribution in [2.75, 3.05) is 22.5 Å². The molecule has 2 amide bonds. The van der Waals surface area contributed by atoms with Crippen LogP contribution in [0.4, 0.5) is 35.2 Å². The number of hydrogen-bond acceptors (Lipinski definition) is 8. The molecule has 0 saturated heterocycles. The van der Waals surface area contributed by atoms with Crippen LogP contribution in [0.25, 0.3) is 16.9 Å². The molecule has 14 heteroatoms. The normalized spacial score (nSPS) is 11.8. The fourth-order valence-electron chi connectivity index (χ4n) is 3.77. The number of amides is 2. The number of rotatable bonds is 8. The van der Waals surface area contributed by atoms with E-state index in [-0.39, 0.29) is 17.4 Å². The predicted octanol–water partition coefficient (Wildman–Crippen LogP) is 5.82. The summed E-state index contributed by atoms with van der Waals surface area (Å²) in [4.78, 5) is 24.7. The zero-order chi connectivity index (χ0) is 29.9. The number of urea groups is 1. The molecule has 0 radical (unpaired) electrons. The summed E-state index contributed by atoms with van der Waals surface area (Å²) in [5.41, 5.74) is 0.651. The minimum atomic E-state index is -4.52. The fraction of sp³-hybridized carbons (Fsp3) is 0.179. The molecule has 0 aliphatic heterocycles. The zero-order valence-corrected chi connectivity index (χ0v) is 22.3. The first-order chi connectivity index (χ1) is 19.9. The number of benzene rings is 2. The van der Waals surface area contributed by atoms with Crippen molar-refractivity contribution in [1.82, 2.24) is 24.6 Å². The van der Waals surface area contributed by atoms with Gasteiger partial charge in [-0.3, -0.25) is 0 Å². The average Bonchev–Trinajstić information content (AvgIpc) is 3.36. The number of aliphatic hydroxyl groups is 1. The SMILES string of the molecule is CC(C)(O)CNc1ccc2ncc(-c3ccc(Oc4ncc(NC(=O)Nc5cccc(C(F)(F)F)c5)cn4)cc3)n2n1. The zero-order valence-electron chi connectivity index (χ0n) is 22.3. The Hall–Kier alpha value is -5.24. The second-order valence-electron chi connectivity index (χ2n) is 9.84. The number of hydrogen-bond donors (Lipinski definition) is 4. The van der Waals surface area contributed by atoms with Crippen LogP contribution in [0.3, 0.4) is 0 Å². The molecular weight excluding hydrogens is 553 g/mol. The maximum Gasteiger partial charge on any atom is 0.416 e. The number of halogens is 3. The molecule has 4 N–H and O–H groups in total. The number of nitrogens with one attached hydrogen (secondary N) is 3. The van der Waals surface area contributed by atoms with Crippen LogP contribution in [0.15, 0.2) is 79.3 Å². The van der Waals surface area contributed by atoms with Gasteiger partial charge in [-0.05, 0) is 68.4 Å². The Morgan fingerprint density at radius 1 is 0.929 bits per heavy atom. The van der Waals surface area contributed by atoms with Crippen molar-refractivity contribution in [3.63, 3.8) is 0 Å². The van der Waals surface area contributed by atoms with Gasteiger partial charge < -0.3 is 25.8 Å². The lowest BCUT2D eigenvalue weighted by Gasteiger charge is -2.18. The third kappa shape index (κ3) is 7.09. The Morgan fingerprint density at radius 3 is 2.33 bits per heavy atom. The summed E-state index contributed by atoms with van der Waals surface area (Å²) in [7, 11) is 0. The van der Waals surface area contributed by atoms with E-state index >= 15 is 0 Å². The molecule has 0 fully saturated rings. The molecule has 2 aromatic carbocycles. The number of imidazole rings is 1. The summed E-state index contributed by atoms with van der Waals surface area (Å²) in [5.74, 6) is 1.04. The van der Waals surface area contributed by atoms with Gasteiger partial charge in [0.25, 0.3) is 0 Å². The number of alkyl halides is 3. The number of aromatic nitrogens is 5. The molecule has 11 nitrogen and oxygen atoms in total. The first kappa shape index (κ1) is 28.3. The second-order valence-corrected chi connectivity index (χ2v) is 9.84. The van der Waals surface area contributed by atoms with Gasteiger partial charge in [-0.2, -0.15) is 13.2 Å². The lowest BCUT2D eigenvalue weighted by Crippen LogP contribution is -2.29. The van der Waals surface area contributed by atoms with Crippen LogP contribution < -0.4 is 20.7 Å². The Bertz CT molecular complexity index is 1700. The predicted molar refractivity (Wildman–Crippen MR) is 149 cm³/mol. The van der Waals surface area contributed by atoms with Gasteiger partial charge in [-0.25, -0.2) is 24.3 Å². The van der Waals surface area contributed by atoms with Gasteiger partial charge in [0.1, 0.15) is 11.6 Å². The van der Waals surface area contributed by atoms with Gasteiger partial charge in [-0.1, -0.05) is 6.07 Å². The number of anilines is 3. The highest BCUT2D eigenvalue weighted by atomic mass is 19.4. The van der Waals surface area contributed by atoms with Crippen molar-refractivity contribution < 1.29 is 27.8 Å². The summed E-state index contributed by atoms with van der Waals surface area (Å²) in [5, 5.41) is 22.4. The molecule has 0 atom stereocenters. The van der Waals surface area contributed by atoms with E-state index in [0.29, 0.717) is 23.8 Å². The number of carbonyl (C=O) groups excluding carboxylic acids is 1. The van der Waals surface area contributed by atoms with Gasteiger partial charge in [0.2, 0.25) is 0 Å². The Kier molecular flexibility index (Phi) is 7.63. The molecule has 0 unspecified atom stereocenters. The average molecular weight is 579 g/mol. The lowest BCUT2D eigenvalue weighted by atomic mass is 10.1. The van der Waals surface area contributed by atoms with E-state index in [1.807, 2.05) is 18.2 Å². The van der Waals surface area contributed by atoms with E-state index in [4.69, 9.17) is 4.74 Å². The molecule has 216 valence electrons. The fourth-order valence-corrected chi connectivity index (χ4v) is 3.77. The van der Waals surface area contributed by atoms with Gasteiger partial charge in [0, 0.05) is 17.8 Å². The van der Waals surface area contributed by atoms with E-state index in [0.717, 1.165) is 23.4 Å². The number of fused-ring (bicyclic) bond motifs is 1. The van der Waals surface area contributed by atoms with Crippen molar-refractivity contribution >= 4 is 28.9 Å². The molecule has 0 aliphatic carbocycles. The minimum Gasteiger partial charge on any atom is -0.424 e. The largest absolute Gasteiger partial charge is 0.424 e. The maximum atomic E-state index is 12.9. The van der Waals surface area contributed by atoms with Crippen molar-refractivity contribution in [3.05, 3.63) is 84.8 Å². The summed E-state index contributed by atoms with van der Waals surface area (Å²) < 4.78 is 46.0. The van der Waals surface area contributed by atoms with Gasteiger partial charge >= 0.3 is 18.2 Å². The topological polar surface area (TPSA) is 139 Å². The number of carbonyl (C=O) groups is 1. The monoisotopic (exact) mass is 578 g/mol. The third-order valence-electron chi connectivity index (χ3n) is 5.76. The minimum absolute atomic E-state index is 0.0191. The molecule has 3 heterocycles. The van der Waals surface area contributed by atoms with Crippen molar-refractivity contribution in [2.45, 2.75) is 25.6 Å². The van der Waals surface area contributed by atoms with Crippen LogP contribution in [0.1, 0.15) is 19.4 Å². The number of ether oxygens (including phenoxy) is 1. The van der Waals surface area contributed by atoms with Crippen LogP contribution in [0, 0.1) is 0 Å². The molecule has 5 aromatic rings. The summed E-state index contributed by atoms with van der Waals surface area (Å²) in [6.07, 6.45) is -0.216. The van der Waals surface area contributed by atoms with E-state index in [1.54, 1.807) is 42.8 Å². The molecule has 5 rings (SSSR count). The summed E-state index contributed by atoms with van der Waals surface area (Å²) in [6.45, 7) is 3.73. The molecule has 0 aliphatic rings. The van der Waals surface area contributed by atoms with Crippen LogP contribution in [0.5, 0.6) is 11.8 Å². The molecule has 3 aromatic heterocycles. The van der Waals surface area contributed by atoms with Crippen molar-refractivity contribution in [3.8, 4) is 23.0 Å². The van der Waals surface area contributed by atoms with Crippen LogP contribution >= 0.6 is 0 Å². The quantitative estimate of drug-likeness (QED) is 0.181. The third-order valence-corrected chi connectivity index (χ3v) is 5.76. The standard InChI is InChI=1S/C28H25F3N8O3/c1-27(2,41)16-35-23-10-11-24-32-15-22(39(24)38-23)17-6-8-21(9-7-17)42-26-33-13-20(14-34-26)37-25(40)36-19-5-3-4-18(12-19)28(29,30)31/h3-15,41H,16H2,1-2H3,(H,35,38)(H2,36,37,40). The smallest absolute Gasteiger partial charge is 0.416 e. The second kappa shape index (κ2) is 11.3. The van der Waals surface area contributed by atoms with Gasteiger partial charge in [0.15, 0.2) is 5.65 Å². The maximum absolute atomic E-state index is 12.9. The molecule has 0 saturated carbocycles. The van der Waals surface area contributed by atoms with Gasteiger partial charge in [0.05, 0.1) is 41.1 Å². The molecule has 0 bridgehead atoms. The highest BCUT2D eigenvalue weighted by Gasteiger charge is 2.30. The van der Waals surface area contributed by atoms with E-state index in [9.17, 15) is 23.1 Å². The van der Waals surface area contributed by atoms with E-state index < -0.39 is 23.4 Å². The van der Waals surface area contributed by atoms with Crippen molar-refractivity contribution in [1.29, 1.82) is 0 Å². The van der Waals surface area contributed by atoms with E-state index in [1.165, 1.54) is 24.5 Å². The Labute approximate surface area is 237 Å². The molecule has 42 heavy (non-hydrogen) atoms. The summed E-state index contributed by atoms with van der Waals surface area (Å²) in [6, 6.07) is 14.3. The highest BCUT2D eigenvalue weighted by molar-refractivity contribution is 5.99. The highest BCUT2D eigenvalue weighted by Crippen LogP contribution is 2.31. The first-order valence-electron chi connectivity index (χ1n) is 12.6. The Morgan fingerprint density at radius 2 is 1.64 bits per heavy atom. The number of nitrogens with zero attached hydrogens (tertiary/aromatic N) is 5. The first-order valence-corrected chi connectivity index (χ1v) is 12.6. The van der Waals surface area contributed by atoms with Crippen LogP contribution in [-0.2, 0) is 6.18 Å². The summed E-state index contributed by atoms with van der Waals surface area (Å²) >= 11 is 0. The van der Waals surface area contributed by atoms with Crippen molar-refractivity contribution in [2.24, 2.45) is 0 Å². The van der Waals surface area contributed by atoms with E-state index in [2.05, 4.69) is 36.0 Å². The molecular formula is C28H25F3N8O3. The van der Waals surface area contributed by atoms with Gasteiger partial charge in [-0.15, -0.1) is 5.10 Å². The van der Waals surface area contributed by atoms with Crippen LogP contribution in [-0.4, -0.2) is 47.8 Å². The Balaban J connectivity index is 1.20. The van der Waals surface area contributed by atoms with Crippen LogP contribution in [0.2, 0.25) is 0 Å².